The van der Waals surface area contributed by atoms with Gasteiger partial charge < -0.3 is 24.4 Å². The minimum Gasteiger partial charge on any atom is -0.427 e. The molecule has 0 aromatic heterocycles. The number of ether oxygens (including phenoxy) is 2. The Morgan fingerprint density at radius 3 is 2.58 bits per heavy atom. The molecule has 202 valence electrons. The molecular weight excluding hydrogens is 528 g/mol. The molecule has 2 rings (SSSR count). The number of carbonyl (C=O) groups excluding carboxylic acids is 2. The largest absolute Gasteiger partial charge is 0.427 e. The Hall–Kier alpha value is -1.41. The van der Waals surface area contributed by atoms with Crippen LogP contribution in [0.15, 0.2) is 29.6 Å². The van der Waals surface area contributed by atoms with Gasteiger partial charge in [0.25, 0.3) is 0 Å². The summed E-state index contributed by atoms with van der Waals surface area (Å²) in [6.07, 6.45) is 2.97. The molecule has 0 bridgehead atoms. The Morgan fingerprint density at radius 1 is 1.22 bits per heavy atom. The van der Waals surface area contributed by atoms with Gasteiger partial charge in [0.15, 0.2) is 8.38 Å². The molecule has 1 aliphatic rings. The maximum atomic E-state index is 12.8. The van der Waals surface area contributed by atoms with Crippen LogP contribution in [0.1, 0.15) is 64.9 Å². The summed E-state index contributed by atoms with van der Waals surface area (Å²) in [6, 6.07) is 5.17. The van der Waals surface area contributed by atoms with Gasteiger partial charge in [-0.05, 0) is 95.1 Å². The molecule has 3 N–H and O–H groups in total. The van der Waals surface area contributed by atoms with Crippen molar-refractivity contribution in [1.29, 1.82) is 0 Å². The van der Waals surface area contributed by atoms with Crippen LogP contribution < -0.4 is 0 Å². The van der Waals surface area contributed by atoms with Crippen LogP contribution in [0.3, 0.4) is 0 Å². The molecule has 1 amide bonds. The summed E-state index contributed by atoms with van der Waals surface area (Å²) >= 11 is 12.1. The first-order chi connectivity index (χ1) is 16.9. The third-order valence-electron chi connectivity index (χ3n) is 6.00. The van der Waals surface area contributed by atoms with E-state index >= 15 is 0 Å². The van der Waals surface area contributed by atoms with Crippen molar-refractivity contribution in [3.63, 3.8) is 0 Å². The summed E-state index contributed by atoms with van der Waals surface area (Å²) in [5.41, 5.74) is 1.12. The Bertz CT molecular complexity index is 920. The van der Waals surface area contributed by atoms with Crippen LogP contribution in [0.5, 0.6) is 0 Å². The van der Waals surface area contributed by atoms with E-state index in [0.29, 0.717) is 29.3 Å². The van der Waals surface area contributed by atoms with E-state index in [1.165, 1.54) is 10.7 Å². The van der Waals surface area contributed by atoms with Crippen molar-refractivity contribution in [2.24, 2.45) is 11.3 Å². The average Bonchev–Trinajstić information content (AvgIpc) is 2.79. The molecule has 0 spiro atoms. The summed E-state index contributed by atoms with van der Waals surface area (Å²) in [5.74, 6) is 1.29. The highest BCUT2D eigenvalue weighted by molar-refractivity contribution is 7.48. The summed E-state index contributed by atoms with van der Waals surface area (Å²) in [4.78, 5) is 44.6. The number of benzene rings is 1. The summed E-state index contributed by atoms with van der Waals surface area (Å²) < 4.78 is 10.2. The van der Waals surface area contributed by atoms with Gasteiger partial charge in [0.1, 0.15) is 6.23 Å². The second kappa shape index (κ2) is 14.5. The first kappa shape index (κ1) is 30.8. The molecule has 11 heteroatoms. The molecule has 0 saturated heterocycles. The molecule has 2 atom stereocenters. The summed E-state index contributed by atoms with van der Waals surface area (Å²) in [7, 11) is -2.07. The smallest absolute Gasteiger partial charge is 0.414 e. The van der Waals surface area contributed by atoms with E-state index in [9.17, 15) is 24.5 Å². The molecule has 1 aromatic rings. The van der Waals surface area contributed by atoms with E-state index in [1.54, 1.807) is 39.0 Å². The van der Waals surface area contributed by atoms with Crippen molar-refractivity contribution in [2.75, 3.05) is 13.3 Å². The molecule has 1 aliphatic carbocycles. The normalized spacial score (nSPS) is 18.2. The van der Waals surface area contributed by atoms with Gasteiger partial charge in [-0.1, -0.05) is 34.8 Å². The van der Waals surface area contributed by atoms with Crippen LogP contribution in [-0.2, 0) is 20.7 Å². The number of hydrogen-bond acceptors (Lipinski definition) is 7. The molecule has 0 radical (unpaired) electrons. The van der Waals surface area contributed by atoms with Gasteiger partial charge in [-0.3, -0.25) is 9.69 Å². The molecule has 0 heterocycles. The molecule has 8 nitrogen and oxygen atoms in total. The zero-order chi connectivity index (χ0) is 26.9. The van der Waals surface area contributed by atoms with Gasteiger partial charge in [-0.15, -0.1) is 0 Å². The van der Waals surface area contributed by atoms with Gasteiger partial charge in [-0.2, -0.15) is 0 Å². The second-order valence-electron chi connectivity index (χ2n) is 10.0. The first-order valence-corrected chi connectivity index (χ1v) is 14.0. The van der Waals surface area contributed by atoms with E-state index in [0.717, 1.165) is 36.8 Å². The van der Waals surface area contributed by atoms with Crippen molar-refractivity contribution in [3.8, 4) is 0 Å². The Morgan fingerprint density at radius 2 is 1.94 bits per heavy atom. The minimum absolute atomic E-state index is 0.153. The number of aliphatic hydroxyl groups excluding tert-OH is 1. The molecule has 0 aliphatic heterocycles. The van der Waals surface area contributed by atoms with Gasteiger partial charge in [0, 0.05) is 6.54 Å². The van der Waals surface area contributed by atoms with Crippen molar-refractivity contribution in [1.82, 2.24) is 4.90 Å². The van der Waals surface area contributed by atoms with Crippen LogP contribution >= 0.6 is 31.6 Å². The van der Waals surface area contributed by atoms with Gasteiger partial charge in [0.2, 0.25) is 6.79 Å². The summed E-state index contributed by atoms with van der Waals surface area (Å²) in [5, 5.41) is 11.7. The van der Waals surface area contributed by atoms with Crippen molar-refractivity contribution in [2.45, 2.75) is 71.9 Å². The average molecular weight is 564 g/mol. The number of allylic oxidation sites excluding steroid dienone is 1. The van der Waals surface area contributed by atoms with Crippen molar-refractivity contribution in [3.05, 3.63) is 45.2 Å². The number of halogens is 2. The van der Waals surface area contributed by atoms with E-state index in [2.05, 4.69) is 0 Å². The van der Waals surface area contributed by atoms with E-state index in [1.807, 2.05) is 0 Å². The Kier molecular flexibility index (Phi) is 12.4. The Labute approximate surface area is 224 Å². The van der Waals surface area contributed by atoms with E-state index in [4.69, 9.17) is 32.7 Å². The lowest BCUT2D eigenvalue weighted by molar-refractivity contribution is -0.162. The molecule has 1 fully saturated rings. The molecule has 2 unspecified atom stereocenters. The highest BCUT2D eigenvalue weighted by Gasteiger charge is 2.27. The van der Waals surface area contributed by atoms with Gasteiger partial charge in [0.05, 0.1) is 15.5 Å². The number of aliphatic hydroxyl groups is 1. The second-order valence-corrected chi connectivity index (χ2v) is 11.7. The highest BCUT2D eigenvalue weighted by Crippen LogP contribution is 2.37. The van der Waals surface area contributed by atoms with E-state index < -0.39 is 38.9 Å². The monoisotopic (exact) mass is 563 g/mol. The van der Waals surface area contributed by atoms with Crippen LogP contribution in [0, 0.1) is 11.3 Å². The molecular formula is C25H36Cl2NO7P. The molecule has 36 heavy (non-hydrogen) atoms. The van der Waals surface area contributed by atoms with E-state index in [-0.39, 0.29) is 12.5 Å². The number of amides is 1. The maximum Gasteiger partial charge on any atom is 0.414 e. The maximum absolute atomic E-state index is 12.8. The lowest BCUT2D eigenvalue weighted by atomic mass is 9.83. The fourth-order valence-electron chi connectivity index (χ4n) is 4.00. The number of nitrogens with zero attached hydrogens (tertiary/aromatic N) is 1. The minimum atomic E-state index is -2.07. The topological polar surface area (TPSA) is 117 Å². The number of carbonyl (C=O) groups is 2. The third kappa shape index (κ3) is 10.5. The van der Waals surface area contributed by atoms with Crippen LogP contribution in [0.25, 0.3) is 0 Å². The molecule has 1 saturated carbocycles. The van der Waals surface area contributed by atoms with Gasteiger partial charge in [-0.25, -0.2) is 4.79 Å². The van der Waals surface area contributed by atoms with Crippen LogP contribution in [0.2, 0.25) is 10.0 Å². The predicted octanol–water partition coefficient (Wildman–Crippen LogP) is 5.99. The van der Waals surface area contributed by atoms with Crippen molar-refractivity contribution < 1.29 is 34.0 Å². The van der Waals surface area contributed by atoms with Gasteiger partial charge >= 0.3 is 12.1 Å². The van der Waals surface area contributed by atoms with Crippen molar-refractivity contribution >= 4 is 43.6 Å². The standard InChI is InChI=1S/C25H36Cl2NO7P/c1-25(2,3)23(30)34-16-35-24(31)28(12-11-18-7-9-20(26)21(27)14-18)22(29)10-8-17-5-4-6-19(13-17)15-36(32)33/h7,9,14-15,17,22,29,32-33H,4-6,8,10-13,16H2,1-3H3. The quantitative estimate of drug-likeness (QED) is 0.182. The molecule has 1 aromatic carbocycles. The third-order valence-corrected chi connectivity index (χ3v) is 7.33. The first-order valence-electron chi connectivity index (χ1n) is 12.0. The lowest BCUT2D eigenvalue weighted by Gasteiger charge is -2.30. The van der Waals surface area contributed by atoms with Crippen LogP contribution in [-0.4, -0.2) is 51.4 Å². The van der Waals surface area contributed by atoms with Crippen LogP contribution in [0.4, 0.5) is 4.79 Å². The SMILES string of the molecule is CC(C)(C)C(=O)OCOC(=O)N(CCc1ccc(Cl)c(Cl)c1)C(O)CCC1CCCC(=CP(O)O)C1. The fraction of sp³-hybridized carbons (Fsp3) is 0.600. The number of hydrogen-bond donors (Lipinski definition) is 3. The zero-order valence-electron chi connectivity index (χ0n) is 21.0. The fourth-order valence-corrected chi connectivity index (χ4v) is 4.88. The lowest BCUT2D eigenvalue weighted by Crippen LogP contribution is -2.42. The summed E-state index contributed by atoms with van der Waals surface area (Å²) in [6.45, 7) is 4.68. The number of esters is 1. The Balaban J connectivity index is 2.01. The predicted molar refractivity (Wildman–Crippen MR) is 140 cm³/mol. The zero-order valence-corrected chi connectivity index (χ0v) is 23.4. The number of rotatable bonds is 10. The highest BCUT2D eigenvalue weighted by atomic mass is 35.5.